The molecule has 2 N–H and O–H groups in total. The average Bonchev–Trinajstić information content (AvgIpc) is 3.14. The van der Waals surface area contributed by atoms with Crippen molar-refractivity contribution in [3.05, 3.63) is 64.4 Å². The number of nitrogens with two attached hydrogens (primary N) is 1. The fourth-order valence-corrected chi connectivity index (χ4v) is 3.79. The number of thioether (sulfide) groups is 1. The van der Waals surface area contributed by atoms with Crippen molar-refractivity contribution in [2.75, 3.05) is 12.9 Å². The molecule has 0 saturated heterocycles. The number of aromatic nitrogens is 4. The maximum atomic E-state index is 13.2. The number of hydrogen-bond donors (Lipinski definition) is 1. The number of ether oxygens (including phenoxy) is 1. The van der Waals surface area contributed by atoms with Crippen LogP contribution in [-0.2, 0) is 11.3 Å². The van der Waals surface area contributed by atoms with Crippen LogP contribution < -0.4 is 16.0 Å². The molecule has 4 rings (SSSR count). The van der Waals surface area contributed by atoms with E-state index in [1.165, 1.54) is 11.8 Å². The van der Waals surface area contributed by atoms with Gasteiger partial charge in [0.1, 0.15) is 5.75 Å². The first kappa shape index (κ1) is 18.1. The first-order valence-corrected chi connectivity index (χ1v) is 9.48. The van der Waals surface area contributed by atoms with E-state index in [1.54, 1.807) is 22.1 Å². The Morgan fingerprint density at radius 1 is 1.14 bits per heavy atom. The zero-order valence-corrected chi connectivity index (χ0v) is 15.8. The molecule has 28 heavy (non-hydrogen) atoms. The van der Waals surface area contributed by atoms with E-state index in [4.69, 9.17) is 10.5 Å². The molecule has 0 aliphatic rings. The minimum atomic E-state index is -0.451. The van der Waals surface area contributed by atoms with Crippen molar-refractivity contribution >= 4 is 34.3 Å². The highest BCUT2D eigenvalue weighted by Crippen LogP contribution is 2.23. The van der Waals surface area contributed by atoms with E-state index < -0.39 is 5.91 Å². The van der Waals surface area contributed by atoms with Crippen LogP contribution in [0.4, 0.5) is 0 Å². The van der Waals surface area contributed by atoms with Crippen molar-refractivity contribution in [3.63, 3.8) is 0 Å². The van der Waals surface area contributed by atoms with Gasteiger partial charge in [-0.15, -0.1) is 10.2 Å². The molecule has 0 atom stereocenters. The molecular formula is C19H17N5O3S. The largest absolute Gasteiger partial charge is 0.496 e. The number of carbonyl (C=O) groups excluding carboxylic acids is 1. The van der Waals surface area contributed by atoms with E-state index in [0.29, 0.717) is 27.6 Å². The van der Waals surface area contributed by atoms with Gasteiger partial charge in [0.25, 0.3) is 5.56 Å². The van der Waals surface area contributed by atoms with Crippen LogP contribution in [0.2, 0.25) is 0 Å². The van der Waals surface area contributed by atoms with E-state index >= 15 is 0 Å². The summed E-state index contributed by atoms with van der Waals surface area (Å²) in [5.74, 6) is 0.694. The molecule has 8 nitrogen and oxygen atoms in total. The van der Waals surface area contributed by atoms with Gasteiger partial charge in [0, 0.05) is 5.56 Å². The average molecular weight is 395 g/mol. The zero-order chi connectivity index (χ0) is 19.7. The van der Waals surface area contributed by atoms with Gasteiger partial charge in [0.2, 0.25) is 11.7 Å². The van der Waals surface area contributed by atoms with Gasteiger partial charge in [-0.2, -0.15) is 0 Å². The summed E-state index contributed by atoms with van der Waals surface area (Å²) in [4.78, 5) is 24.4. The lowest BCUT2D eigenvalue weighted by Gasteiger charge is -2.13. The molecular weight excluding hydrogens is 378 g/mol. The highest BCUT2D eigenvalue weighted by molar-refractivity contribution is 7.99. The molecule has 0 spiro atoms. The number of primary amides is 1. The Balaban J connectivity index is 1.96. The molecule has 0 radical (unpaired) electrons. The summed E-state index contributed by atoms with van der Waals surface area (Å²) >= 11 is 1.18. The van der Waals surface area contributed by atoms with Crippen LogP contribution in [0.1, 0.15) is 5.56 Å². The predicted octanol–water partition coefficient (Wildman–Crippen LogP) is 1.68. The second-order valence-electron chi connectivity index (χ2n) is 6.09. The fourth-order valence-electron chi connectivity index (χ4n) is 3.11. The van der Waals surface area contributed by atoms with Gasteiger partial charge in [-0.3, -0.25) is 18.6 Å². The lowest BCUT2D eigenvalue weighted by Crippen LogP contribution is -2.24. The molecule has 0 aliphatic heterocycles. The summed E-state index contributed by atoms with van der Waals surface area (Å²) in [6.07, 6.45) is 0. The first-order chi connectivity index (χ1) is 13.6. The first-order valence-electron chi connectivity index (χ1n) is 8.50. The van der Waals surface area contributed by atoms with Gasteiger partial charge >= 0.3 is 0 Å². The molecule has 142 valence electrons. The van der Waals surface area contributed by atoms with Crippen molar-refractivity contribution in [2.45, 2.75) is 11.7 Å². The van der Waals surface area contributed by atoms with Crippen LogP contribution in [-0.4, -0.2) is 37.9 Å². The highest BCUT2D eigenvalue weighted by atomic mass is 32.2. The van der Waals surface area contributed by atoms with Crippen molar-refractivity contribution in [2.24, 2.45) is 5.73 Å². The Labute approximate surface area is 163 Å². The number of fused-ring (bicyclic) bond motifs is 3. The maximum Gasteiger partial charge on any atom is 0.263 e. The van der Waals surface area contributed by atoms with Crippen LogP contribution in [0, 0.1) is 0 Å². The molecule has 2 aromatic heterocycles. The number of para-hydroxylation sites is 2. The zero-order valence-electron chi connectivity index (χ0n) is 15.0. The Kier molecular flexibility index (Phi) is 4.74. The number of nitrogens with zero attached hydrogens (tertiary/aromatic N) is 4. The summed E-state index contributed by atoms with van der Waals surface area (Å²) in [7, 11) is 1.59. The number of methoxy groups -OCH3 is 1. The SMILES string of the molecule is COc1ccccc1Cn1c(=O)c2ccccc2n2c(SCC(N)=O)nnc12. The maximum absolute atomic E-state index is 13.2. The van der Waals surface area contributed by atoms with Gasteiger partial charge in [-0.1, -0.05) is 42.1 Å². The van der Waals surface area contributed by atoms with Crippen LogP contribution in [0.25, 0.3) is 16.7 Å². The molecule has 0 bridgehead atoms. The lowest BCUT2D eigenvalue weighted by atomic mass is 10.2. The van der Waals surface area contributed by atoms with E-state index in [-0.39, 0.29) is 17.9 Å². The molecule has 0 fully saturated rings. The summed E-state index contributed by atoms with van der Waals surface area (Å²) < 4.78 is 8.75. The third-order valence-corrected chi connectivity index (χ3v) is 5.29. The van der Waals surface area contributed by atoms with Gasteiger partial charge in [0.05, 0.1) is 30.3 Å². The van der Waals surface area contributed by atoms with Crippen molar-refractivity contribution < 1.29 is 9.53 Å². The van der Waals surface area contributed by atoms with E-state index in [9.17, 15) is 9.59 Å². The number of carbonyl (C=O) groups is 1. The van der Waals surface area contributed by atoms with Crippen LogP contribution in [0.5, 0.6) is 5.75 Å². The molecule has 2 aromatic carbocycles. The van der Waals surface area contributed by atoms with Crippen LogP contribution in [0.15, 0.2) is 58.5 Å². The minimum Gasteiger partial charge on any atom is -0.496 e. The van der Waals surface area contributed by atoms with Crippen LogP contribution in [0.3, 0.4) is 0 Å². The van der Waals surface area contributed by atoms with Gasteiger partial charge < -0.3 is 10.5 Å². The Hall–Kier alpha value is -3.33. The molecule has 2 heterocycles. The molecule has 0 saturated carbocycles. The van der Waals surface area contributed by atoms with E-state index in [1.807, 2.05) is 42.5 Å². The third kappa shape index (κ3) is 3.09. The second-order valence-corrected chi connectivity index (χ2v) is 7.04. The quantitative estimate of drug-likeness (QED) is 0.498. The molecule has 9 heteroatoms. The predicted molar refractivity (Wildman–Crippen MR) is 107 cm³/mol. The Morgan fingerprint density at radius 3 is 2.68 bits per heavy atom. The summed E-state index contributed by atoms with van der Waals surface area (Å²) in [6, 6.07) is 14.7. The van der Waals surface area contributed by atoms with Crippen molar-refractivity contribution in [1.82, 2.24) is 19.2 Å². The van der Waals surface area contributed by atoms with Gasteiger partial charge in [-0.05, 0) is 18.2 Å². The Bertz CT molecular complexity index is 1250. The number of amides is 1. The van der Waals surface area contributed by atoms with Gasteiger partial charge in [0.15, 0.2) is 5.16 Å². The monoisotopic (exact) mass is 395 g/mol. The highest BCUT2D eigenvalue weighted by Gasteiger charge is 2.18. The van der Waals surface area contributed by atoms with Crippen molar-refractivity contribution in [1.29, 1.82) is 0 Å². The Morgan fingerprint density at radius 2 is 1.89 bits per heavy atom. The fraction of sp³-hybridized carbons (Fsp3) is 0.158. The standard InChI is InChI=1S/C19H17N5O3S/c1-27-15-9-5-2-6-12(15)10-23-17(26)13-7-3-4-8-14(13)24-18(23)21-22-19(24)28-11-16(20)25/h2-9H,10-11H2,1H3,(H2,20,25). The van der Waals surface area contributed by atoms with Crippen LogP contribution >= 0.6 is 11.8 Å². The molecule has 0 unspecified atom stereocenters. The second kappa shape index (κ2) is 7.35. The number of rotatable bonds is 6. The van der Waals surface area contributed by atoms with Gasteiger partial charge in [-0.25, -0.2) is 0 Å². The smallest absolute Gasteiger partial charge is 0.263 e. The molecule has 4 aromatic rings. The van der Waals surface area contributed by atoms with E-state index in [2.05, 4.69) is 10.2 Å². The topological polar surface area (TPSA) is 105 Å². The molecule has 0 aliphatic carbocycles. The van der Waals surface area contributed by atoms with E-state index in [0.717, 1.165) is 5.56 Å². The summed E-state index contributed by atoms with van der Waals surface area (Å²) in [6.45, 7) is 0.274. The third-order valence-electron chi connectivity index (χ3n) is 4.34. The number of hydrogen-bond acceptors (Lipinski definition) is 6. The normalized spacial score (nSPS) is 11.2. The number of benzene rings is 2. The molecule has 1 amide bonds. The minimum absolute atomic E-state index is 0.0702. The summed E-state index contributed by atoms with van der Waals surface area (Å²) in [5, 5.41) is 9.43. The summed E-state index contributed by atoms with van der Waals surface area (Å²) in [5.41, 5.74) is 6.62. The van der Waals surface area contributed by atoms with Crippen molar-refractivity contribution in [3.8, 4) is 5.75 Å². The lowest BCUT2D eigenvalue weighted by molar-refractivity contribution is -0.115.